The number of benzene rings is 1. The number of unbranched alkanes of at least 4 members (excludes halogenated alkanes) is 1. The fourth-order valence-electron chi connectivity index (χ4n) is 2.45. The van der Waals surface area contributed by atoms with Crippen LogP contribution >= 0.6 is 0 Å². The molecule has 1 amide bonds. The molecule has 0 saturated carbocycles. The van der Waals surface area contributed by atoms with Crippen LogP contribution in [0.3, 0.4) is 0 Å². The fraction of sp³-hybridized carbons (Fsp3) is 0.562. The summed E-state index contributed by atoms with van der Waals surface area (Å²) in [6.07, 6.45) is 1.92. The molecule has 21 heavy (non-hydrogen) atoms. The molecule has 2 unspecified atom stereocenters. The van der Waals surface area contributed by atoms with Crippen molar-refractivity contribution in [1.29, 1.82) is 0 Å². The molecule has 5 heteroatoms. The van der Waals surface area contributed by atoms with Crippen LogP contribution in [-0.4, -0.2) is 36.6 Å². The van der Waals surface area contributed by atoms with Gasteiger partial charge >= 0.3 is 0 Å². The lowest BCUT2D eigenvalue weighted by Crippen LogP contribution is -2.33. The smallest absolute Gasteiger partial charge is 0.241 e. The van der Waals surface area contributed by atoms with Crippen molar-refractivity contribution in [3.8, 4) is 0 Å². The summed E-state index contributed by atoms with van der Waals surface area (Å²) in [6, 6.07) is 6.03. The van der Waals surface area contributed by atoms with Crippen molar-refractivity contribution < 1.29 is 13.9 Å². The largest absolute Gasteiger partial charge is 0.380 e. The molecular formula is C16H23FN2O2. The van der Waals surface area contributed by atoms with Crippen LogP contribution in [0.2, 0.25) is 0 Å². The van der Waals surface area contributed by atoms with E-state index in [0.717, 1.165) is 25.0 Å². The zero-order valence-corrected chi connectivity index (χ0v) is 12.6. The van der Waals surface area contributed by atoms with Gasteiger partial charge in [0.05, 0.1) is 12.6 Å². The molecule has 1 aromatic carbocycles. The Morgan fingerprint density at radius 2 is 2.00 bits per heavy atom. The molecule has 1 aliphatic heterocycles. The molecular weight excluding hydrogens is 271 g/mol. The Kier molecular flexibility index (Phi) is 5.70. The van der Waals surface area contributed by atoms with Crippen molar-refractivity contribution in [3.63, 3.8) is 0 Å². The Bertz CT molecular complexity index is 464. The maximum absolute atomic E-state index is 13.0. The summed E-state index contributed by atoms with van der Waals surface area (Å²) in [6.45, 7) is 5.75. The van der Waals surface area contributed by atoms with E-state index in [0.29, 0.717) is 13.2 Å². The molecule has 2 rings (SSSR count). The van der Waals surface area contributed by atoms with Crippen LogP contribution in [0.4, 0.5) is 4.39 Å². The number of rotatable bonds is 7. The predicted octanol–water partition coefficient (Wildman–Crippen LogP) is 2.46. The van der Waals surface area contributed by atoms with Crippen LogP contribution in [0, 0.1) is 5.82 Å². The minimum Gasteiger partial charge on any atom is -0.380 e. The molecule has 0 bridgehead atoms. The van der Waals surface area contributed by atoms with Gasteiger partial charge in [0.1, 0.15) is 12.0 Å². The number of carbonyl (C=O) groups is 1. The average molecular weight is 294 g/mol. The molecule has 0 aliphatic carbocycles. The molecule has 2 atom stereocenters. The third-order valence-corrected chi connectivity index (χ3v) is 3.68. The van der Waals surface area contributed by atoms with Crippen LogP contribution < -0.4 is 5.32 Å². The van der Waals surface area contributed by atoms with Crippen molar-refractivity contribution in [2.45, 2.75) is 38.9 Å². The van der Waals surface area contributed by atoms with Crippen LogP contribution in [0.15, 0.2) is 24.3 Å². The van der Waals surface area contributed by atoms with Gasteiger partial charge in [0.25, 0.3) is 0 Å². The SMILES string of the molecule is CCCCOCCN1C(=O)C(C)NC1c1ccc(F)cc1. The van der Waals surface area contributed by atoms with Gasteiger partial charge in [0.2, 0.25) is 5.91 Å². The summed E-state index contributed by atoms with van der Waals surface area (Å²) in [5, 5.41) is 3.24. The van der Waals surface area contributed by atoms with E-state index in [9.17, 15) is 9.18 Å². The van der Waals surface area contributed by atoms with Gasteiger partial charge in [-0.25, -0.2) is 4.39 Å². The Hall–Kier alpha value is -1.46. The normalized spacial score (nSPS) is 22.0. The summed E-state index contributed by atoms with van der Waals surface area (Å²) in [5.74, 6) is -0.214. The second-order valence-corrected chi connectivity index (χ2v) is 5.34. The molecule has 1 aromatic rings. The minimum absolute atomic E-state index is 0.0587. The maximum atomic E-state index is 13.0. The maximum Gasteiger partial charge on any atom is 0.241 e. The highest BCUT2D eigenvalue weighted by Gasteiger charge is 2.36. The molecule has 116 valence electrons. The molecule has 1 heterocycles. The van der Waals surface area contributed by atoms with Gasteiger partial charge < -0.3 is 9.64 Å². The van der Waals surface area contributed by atoms with Crippen molar-refractivity contribution in [3.05, 3.63) is 35.6 Å². The lowest BCUT2D eigenvalue weighted by atomic mass is 10.1. The third kappa shape index (κ3) is 4.02. The summed E-state index contributed by atoms with van der Waals surface area (Å²) in [4.78, 5) is 14.0. The third-order valence-electron chi connectivity index (χ3n) is 3.68. The first-order valence-corrected chi connectivity index (χ1v) is 7.53. The topological polar surface area (TPSA) is 41.6 Å². The molecule has 0 radical (unpaired) electrons. The van der Waals surface area contributed by atoms with E-state index in [1.807, 2.05) is 6.92 Å². The van der Waals surface area contributed by atoms with E-state index >= 15 is 0 Å². The zero-order chi connectivity index (χ0) is 15.2. The zero-order valence-electron chi connectivity index (χ0n) is 12.6. The molecule has 1 aliphatic rings. The standard InChI is InChI=1S/C16H23FN2O2/c1-3-4-10-21-11-9-19-15(18-12(2)16(19)20)13-5-7-14(17)8-6-13/h5-8,12,15,18H,3-4,9-11H2,1-2H3. The number of ether oxygens (including phenoxy) is 1. The lowest BCUT2D eigenvalue weighted by Gasteiger charge is -2.24. The number of nitrogens with one attached hydrogen (secondary N) is 1. The number of halogens is 1. The van der Waals surface area contributed by atoms with E-state index < -0.39 is 0 Å². The highest BCUT2D eigenvalue weighted by molar-refractivity contribution is 5.84. The van der Waals surface area contributed by atoms with E-state index in [4.69, 9.17) is 4.74 Å². The molecule has 4 nitrogen and oxygen atoms in total. The second-order valence-electron chi connectivity index (χ2n) is 5.34. The van der Waals surface area contributed by atoms with Gasteiger partial charge in [-0.3, -0.25) is 10.1 Å². The number of carbonyl (C=O) groups excluding carboxylic acids is 1. The van der Waals surface area contributed by atoms with Gasteiger partial charge in [-0.15, -0.1) is 0 Å². The van der Waals surface area contributed by atoms with Gasteiger partial charge in [-0.2, -0.15) is 0 Å². The first-order valence-electron chi connectivity index (χ1n) is 7.53. The quantitative estimate of drug-likeness (QED) is 0.785. The summed E-state index contributed by atoms with van der Waals surface area (Å²) in [7, 11) is 0. The van der Waals surface area contributed by atoms with Gasteiger partial charge in [0, 0.05) is 13.2 Å². The van der Waals surface area contributed by atoms with E-state index in [1.165, 1.54) is 12.1 Å². The first-order chi connectivity index (χ1) is 10.1. The van der Waals surface area contributed by atoms with Crippen molar-refractivity contribution in [2.75, 3.05) is 19.8 Å². The monoisotopic (exact) mass is 294 g/mol. The minimum atomic E-state index is -0.273. The van der Waals surface area contributed by atoms with Gasteiger partial charge in [-0.05, 0) is 31.0 Å². The number of hydrogen-bond donors (Lipinski definition) is 1. The van der Waals surface area contributed by atoms with Gasteiger partial charge in [-0.1, -0.05) is 25.5 Å². The molecule has 1 N–H and O–H groups in total. The van der Waals surface area contributed by atoms with Gasteiger partial charge in [0.15, 0.2) is 0 Å². The van der Waals surface area contributed by atoms with Crippen LogP contribution in [0.25, 0.3) is 0 Å². The molecule has 0 aromatic heterocycles. The predicted molar refractivity (Wildman–Crippen MR) is 79.2 cm³/mol. The molecule has 1 fully saturated rings. The number of hydrogen-bond acceptors (Lipinski definition) is 3. The fourth-order valence-corrected chi connectivity index (χ4v) is 2.45. The number of amides is 1. The Labute approximate surface area is 125 Å². The van der Waals surface area contributed by atoms with E-state index in [1.54, 1.807) is 17.0 Å². The Morgan fingerprint density at radius 1 is 1.29 bits per heavy atom. The van der Waals surface area contributed by atoms with Crippen LogP contribution in [0.1, 0.15) is 38.4 Å². The average Bonchev–Trinajstić information content (AvgIpc) is 2.76. The number of nitrogens with zero attached hydrogens (tertiary/aromatic N) is 1. The first kappa shape index (κ1) is 15.9. The molecule has 0 spiro atoms. The highest BCUT2D eigenvalue weighted by atomic mass is 19.1. The lowest BCUT2D eigenvalue weighted by molar-refractivity contribution is -0.130. The van der Waals surface area contributed by atoms with E-state index in [-0.39, 0.29) is 23.9 Å². The van der Waals surface area contributed by atoms with Crippen LogP contribution in [-0.2, 0) is 9.53 Å². The Morgan fingerprint density at radius 3 is 2.67 bits per heavy atom. The van der Waals surface area contributed by atoms with Crippen molar-refractivity contribution in [1.82, 2.24) is 10.2 Å². The van der Waals surface area contributed by atoms with Crippen LogP contribution in [0.5, 0.6) is 0 Å². The van der Waals surface area contributed by atoms with Crippen molar-refractivity contribution >= 4 is 5.91 Å². The van der Waals surface area contributed by atoms with E-state index in [2.05, 4.69) is 12.2 Å². The molecule has 1 saturated heterocycles. The van der Waals surface area contributed by atoms with Crippen molar-refractivity contribution in [2.24, 2.45) is 0 Å². The summed E-state index contributed by atoms with van der Waals surface area (Å²) >= 11 is 0. The summed E-state index contributed by atoms with van der Waals surface area (Å²) in [5.41, 5.74) is 0.891. The summed E-state index contributed by atoms with van der Waals surface area (Å²) < 4.78 is 18.6. The second kappa shape index (κ2) is 7.52. The highest BCUT2D eigenvalue weighted by Crippen LogP contribution is 2.25. The Balaban J connectivity index is 1.98.